The molecule has 0 radical (unpaired) electrons. The van der Waals surface area contributed by atoms with E-state index in [0.29, 0.717) is 24.8 Å². The molecule has 0 bridgehead atoms. The highest BCUT2D eigenvalue weighted by Gasteiger charge is 2.27. The minimum absolute atomic E-state index is 0. The van der Waals surface area contributed by atoms with Crippen molar-refractivity contribution in [2.24, 2.45) is 11.7 Å². The molecule has 1 fully saturated rings. The molecule has 1 heterocycles. The lowest BCUT2D eigenvalue weighted by Crippen LogP contribution is -2.39. The maximum atomic E-state index is 13.8. The first kappa shape index (κ1) is 23.3. The number of amides is 1. The van der Waals surface area contributed by atoms with Crippen LogP contribution in [0.2, 0.25) is 0 Å². The van der Waals surface area contributed by atoms with Crippen LogP contribution in [0.15, 0.2) is 28.8 Å². The maximum absolute atomic E-state index is 13.8. The molecule has 3 rings (SSSR count). The van der Waals surface area contributed by atoms with Crippen LogP contribution in [0.4, 0.5) is 8.78 Å². The SMILES string of the molecule is Cl.Cl.NCC1CCCC1NC(=O)CCc1ncc(-c2ccc(F)cc2F)o1. The number of carbonyl (C=O) groups is 1. The molecule has 3 N–H and O–H groups in total. The summed E-state index contributed by atoms with van der Waals surface area (Å²) >= 11 is 0. The summed E-state index contributed by atoms with van der Waals surface area (Å²) in [4.78, 5) is 16.1. The van der Waals surface area contributed by atoms with E-state index in [1.807, 2.05) is 0 Å². The second-order valence-corrected chi connectivity index (χ2v) is 6.34. The summed E-state index contributed by atoms with van der Waals surface area (Å²) in [7, 11) is 0. The Labute approximate surface area is 168 Å². The van der Waals surface area contributed by atoms with Crippen molar-refractivity contribution in [3.05, 3.63) is 41.9 Å². The van der Waals surface area contributed by atoms with Gasteiger partial charge in [0.25, 0.3) is 0 Å². The van der Waals surface area contributed by atoms with E-state index in [9.17, 15) is 13.6 Å². The molecule has 1 amide bonds. The Kier molecular flexibility index (Phi) is 9.15. The third-order valence-corrected chi connectivity index (χ3v) is 4.62. The topological polar surface area (TPSA) is 81.1 Å². The number of nitrogens with zero attached hydrogens (tertiary/aromatic N) is 1. The number of nitrogens with two attached hydrogens (primary N) is 1. The van der Waals surface area contributed by atoms with Crippen LogP contribution in [0, 0.1) is 17.6 Å². The first-order valence-corrected chi connectivity index (χ1v) is 8.46. The first-order chi connectivity index (χ1) is 12.1. The number of rotatable bonds is 6. The van der Waals surface area contributed by atoms with Crippen molar-refractivity contribution in [3.8, 4) is 11.3 Å². The second kappa shape index (κ2) is 10.6. The highest BCUT2D eigenvalue weighted by molar-refractivity contribution is 5.85. The van der Waals surface area contributed by atoms with E-state index in [0.717, 1.165) is 31.4 Å². The van der Waals surface area contributed by atoms with Crippen LogP contribution in [0.25, 0.3) is 11.3 Å². The van der Waals surface area contributed by atoms with E-state index >= 15 is 0 Å². The van der Waals surface area contributed by atoms with Gasteiger partial charge in [-0.15, -0.1) is 24.8 Å². The molecule has 27 heavy (non-hydrogen) atoms. The number of hydrogen-bond acceptors (Lipinski definition) is 4. The third-order valence-electron chi connectivity index (χ3n) is 4.62. The number of oxazole rings is 1. The molecule has 9 heteroatoms. The lowest BCUT2D eigenvalue weighted by Gasteiger charge is -2.19. The molecule has 1 aliphatic rings. The van der Waals surface area contributed by atoms with E-state index in [-0.39, 0.29) is 54.5 Å². The smallest absolute Gasteiger partial charge is 0.220 e. The Morgan fingerprint density at radius 3 is 2.78 bits per heavy atom. The van der Waals surface area contributed by atoms with E-state index in [1.165, 1.54) is 12.3 Å². The third kappa shape index (κ3) is 5.89. The molecule has 0 spiro atoms. The predicted octanol–water partition coefficient (Wildman–Crippen LogP) is 3.64. The van der Waals surface area contributed by atoms with Crippen LogP contribution < -0.4 is 11.1 Å². The van der Waals surface area contributed by atoms with Gasteiger partial charge in [0.15, 0.2) is 11.7 Å². The zero-order valence-corrected chi connectivity index (χ0v) is 16.3. The average molecular weight is 422 g/mol. The normalized spacial score (nSPS) is 18.5. The molecule has 1 aromatic carbocycles. The molecule has 2 unspecified atom stereocenters. The van der Waals surface area contributed by atoms with Crippen molar-refractivity contribution in [2.75, 3.05) is 6.54 Å². The van der Waals surface area contributed by atoms with Gasteiger partial charge in [0.2, 0.25) is 5.91 Å². The predicted molar refractivity (Wildman–Crippen MR) is 103 cm³/mol. The monoisotopic (exact) mass is 421 g/mol. The molecule has 0 aliphatic heterocycles. The van der Waals surface area contributed by atoms with Crippen LogP contribution >= 0.6 is 24.8 Å². The van der Waals surface area contributed by atoms with Crippen LogP contribution in [-0.2, 0) is 11.2 Å². The second-order valence-electron chi connectivity index (χ2n) is 6.34. The van der Waals surface area contributed by atoms with Crippen molar-refractivity contribution in [1.29, 1.82) is 0 Å². The number of aromatic nitrogens is 1. The number of carbonyl (C=O) groups excluding carboxylic acids is 1. The summed E-state index contributed by atoms with van der Waals surface area (Å²) < 4.78 is 32.2. The molecular weight excluding hydrogens is 399 g/mol. The highest BCUT2D eigenvalue weighted by atomic mass is 35.5. The van der Waals surface area contributed by atoms with Crippen molar-refractivity contribution < 1.29 is 18.0 Å². The van der Waals surface area contributed by atoms with Crippen molar-refractivity contribution in [3.63, 3.8) is 0 Å². The van der Waals surface area contributed by atoms with E-state index in [1.54, 1.807) is 0 Å². The van der Waals surface area contributed by atoms with Gasteiger partial charge in [-0.25, -0.2) is 13.8 Å². The zero-order chi connectivity index (χ0) is 17.8. The first-order valence-electron chi connectivity index (χ1n) is 8.46. The van der Waals surface area contributed by atoms with E-state index in [2.05, 4.69) is 10.3 Å². The Hall–Kier alpha value is -1.70. The number of hydrogen-bond donors (Lipinski definition) is 2. The fourth-order valence-electron chi connectivity index (χ4n) is 3.25. The van der Waals surface area contributed by atoms with Crippen LogP contribution in [0.3, 0.4) is 0 Å². The van der Waals surface area contributed by atoms with Gasteiger partial charge in [0.1, 0.15) is 11.6 Å². The molecule has 0 saturated heterocycles. The quantitative estimate of drug-likeness (QED) is 0.745. The number of nitrogens with one attached hydrogen (secondary N) is 1. The summed E-state index contributed by atoms with van der Waals surface area (Å²) in [6.07, 6.45) is 5.02. The van der Waals surface area contributed by atoms with Gasteiger partial charge in [-0.05, 0) is 37.4 Å². The van der Waals surface area contributed by atoms with E-state index in [4.69, 9.17) is 10.2 Å². The summed E-state index contributed by atoms with van der Waals surface area (Å²) in [5, 5.41) is 3.01. The summed E-state index contributed by atoms with van der Waals surface area (Å²) in [5.41, 5.74) is 5.85. The van der Waals surface area contributed by atoms with Gasteiger partial charge in [-0.1, -0.05) is 6.42 Å². The molecular formula is C18H23Cl2F2N3O2. The molecule has 2 aromatic rings. The van der Waals surface area contributed by atoms with Gasteiger partial charge in [-0.2, -0.15) is 0 Å². The van der Waals surface area contributed by atoms with Crippen molar-refractivity contribution in [1.82, 2.24) is 10.3 Å². The lowest BCUT2D eigenvalue weighted by atomic mass is 10.0. The Morgan fingerprint density at radius 2 is 2.07 bits per heavy atom. The molecule has 1 saturated carbocycles. The van der Waals surface area contributed by atoms with Crippen molar-refractivity contribution in [2.45, 2.75) is 38.1 Å². The molecule has 5 nitrogen and oxygen atoms in total. The number of halogens is 4. The Bertz CT molecular complexity index is 758. The lowest BCUT2D eigenvalue weighted by molar-refractivity contribution is -0.122. The fourth-order valence-corrected chi connectivity index (χ4v) is 3.25. The molecule has 1 aliphatic carbocycles. The van der Waals surface area contributed by atoms with Gasteiger partial charge in [0.05, 0.1) is 11.8 Å². The Morgan fingerprint density at radius 1 is 1.30 bits per heavy atom. The molecule has 1 aromatic heterocycles. The van der Waals surface area contributed by atoms with Crippen LogP contribution in [0.1, 0.15) is 31.6 Å². The molecule has 150 valence electrons. The van der Waals surface area contributed by atoms with Crippen LogP contribution in [0.5, 0.6) is 0 Å². The summed E-state index contributed by atoms with van der Waals surface area (Å²) in [6, 6.07) is 3.39. The number of benzene rings is 1. The van der Waals surface area contributed by atoms with Crippen LogP contribution in [-0.4, -0.2) is 23.5 Å². The summed E-state index contributed by atoms with van der Waals surface area (Å²) in [5.74, 6) is -0.533. The zero-order valence-electron chi connectivity index (χ0n) is 14.6. The number of aryl methyl sites for hydroxylation is 1. The molecule has 2 atom stereocenters. The fraction of sp³-hybridized carbons (Fsp3) is 0.444. The minimum atomic E-state index is -0.713. The van der Waals surface area contributed by atoms with Gasteiger partial charge >= 0.3 is 0 Å². The van der Waals surface area contributed by atoms with Gasteiger partial charge in [0, 0.05) is 24.9 Å². The minimum Gasteiger partial charge on any atom is -0.441 e. The standard InChI is InChI=1S/C18H21F2N3O2.2ClH/c19-12-4-5-13(14(20)8-12)16-10-22-18(25-16)7-6-17(24)23-15-3-1-2-11(15)9-21;;/h4-5,8,10-11,15H,1-3,6-7,9,21H2,(H,23,24);2*1H. The van der Waals surface area contributed by atoms with E-state index < -0.39 is 11.6 Å². The largest absolute Gasteiger partial charge is 0.441 e. The average Bonchev–Trinajstić information content (AvgIpc) is 3.22. The summed E-state index contributed by atoms with van der Waals surface area (Å²) in [6.45, 7) is 0.581. The van der Waals surface area contributed by atoms with Gasteiger partial charge in [-0.3, -0.25) is 4.79 Å². The Balaban J connectivity index is 0.00000182. The highest BCUT2D eigenvalue weighted by Crippen LogP contribution is 2.26. The van der Waals surface area contributed by atoms with Crippen molar-refractivity contribution >= 4 is 30.7 Å². The maximum Gasteiger partial charge on any atom is 0.220 e. The van der Waals surface area contributed by atoms with Gasteiger partial charge < -0.3 is 15.5 Å².